The monoisotopic (exact) mass is 144 g/mol. The summed E-state index contributed by atoms with van der Waals surface area (Å²) in [6.45, 7) is 6.05. The summed E-state index contributed by atoms with van der Waals surface area (Å²) in [7, 11) is 0. The lowest BCUT2D eigenvalue weighted by Crippen LogP contribution is -2.63. The minimum absolute atomic E-state index is 0.0333. The Hall–Kier alpha value is -0.370. The maximum absolute atomic E-state index is 11.0. The van der Waals surface area contributed by atoms with E-state index >= 15 is 0 Å². The zero-order valence-electron chi connectivity index (χ0n) is 7.18. The Morgan fingerprint density at radius 3 is 2.30 bits per heavy atom. The van der Waals surface area contributed by atoms with Gasteiger partial charge < -0.3 is 5.73 Å². The van der Waals surface area contributed by atoms with E-state index in [1.54, 1.807) is 0 Å². The highest BCUT2D eigenvalue weighted by atomic mass is 16.1. The van der Waals surface area contributed by atoms with Crippen LogP contribution in [-0.2, 0) is 4.79 Å². The van der Waals surface area contributed by atoms with Crippen molar-refractivity contribution >= 4 is 5.78 Å². The van der Waals surface area contributed by atoms with E-state index in [1.165, 1.54) is 0 Å². The van der Waals surface area contributed by atoms with Crippen molar-refractivity contribution in [3.8, 4) is 0 Å². The van der Waals surface area contributed by atoms with Crippen LogP contribution in [0.5, 0.6) is 0 Å². The van der Waals surface area contributed by atoms with Crippen molar-refractivity contribution in [3.63, 3.8) is 0 Å². The van der Waals surface area contributed by atoms with E-state index in [9.17, 15) is 4.79 Å². The van der Waals surface area contributed by atoms with Gasteiger partial charge in [-0.1, -0.05) is 20.3 Å². The molecule has 0 amide bonds. The van der Waals surface area contributed by atoms with Crippen molar-refractivity contribution < 1.29 is 10.5 Å². The second kappa shape index (κ2) is 4.45. The Labute approximate surface area is 62.8 Å². The van der Waals surface area contributed by atoms with Crippen LogP contribution in [0.1, 0.15) is 33.6 Å². The number of quaternary nitrogens is 1. The van der Waals surface area contributed by atoms with Crippen LogP contribution in [0.3, 0.4) is 0 Å². The van der Waals surface area contributed by atoms with Crippen LogP contribution < -0.4 is 5.73 Å². The van der Waals surface area contributed by atoms with Gasteiger partial charge in [-0.15, -0.1) is 0 Å². The van der Waals surface area contributed by atoms with Crippen LogP contribution in [-0.4, -0.2) is 11.8 Å². The van der Waals surface area contributed by atoms with Gasteiger partial charge in [0.15, 0.2) is 5.78 Å². The molecule has 0 heterocycles. The van der Waals surface area contributed by atoms with Gasteiger partial charge in [-0.25, -0.2) is 0 Å². The third-order valence-corrected chi connectivity index (χ3v) is 1.80. The number of Topliss-reactive ketones (excluding diaryl/α,β-unsaturated/α-hetero) is 1. The van der Waals surface area contributed by atoms with Gasteiger partial charge in [-0.2, -0.15) is 0 Å². The second-order valence-corrected chi connectivity index (χ2v) is 3.08. The van der Waals surface area contributed by atoms with Crippen LogP contribution in [0, 0.1) is 5.92 Å². The molecule has 0 aliphatic carbocycles. The molecule has 2 atom stereocenters. The predicted octanol–water partition coefficient (Wildman–Crippen LogP) is 0.622. The lowest BCUT2D eigenvalue weighted by atomic mass is 9.99. The first-order valence-corrected chi connectivity index (χ1v) is 3.93. The molecule has 0 aromatic carbocycles. The van der Waals surface area contributed by atoms with Crippen molar-refractivity contribution in [1.29, 1.82) is 0 Å². The molecule has 2 heteroatoms. The van der Waals surface area contributed by atoms with Crippen LogP contribution in [0.4, 0.5) is 0 Å². The fraction of sp³-hybridized carbons (Fsp3) is 0.875. The maximum atomic E-state index is 11.0. The van der Waals surface area contributed by atoms with E-state index in [0.717, 1.165) is 6.42 Å². The molecule has 1 unspecified atom stereocenters. The SMILES string of the molecule is CCC(C)CC(=O)[C@H](C)[NH3+]. The molecule has 0 rings (SSSR count). The standard InChI is InChI=1S/C8H17NO/c1-4-6(2)5-8(10)7(3)9/h6-7H,4-5,9H2,1-3H3/p+1/t6?,7-/m0/s1. The Morgan fingerprint density at radius 1 is 1.50 bits per heavy atom. The molecule has 0 saturated carbocycles. The molecule has 0 aromatic rings. The van der Waals surface area contributed by atoms with Gasteiger partial charge in [0.05, 0.1) is 0 Å². The fourth-order valence-electron chi connectivity index (χ4n) is 0.689. The molecular formula is C8H18NO+. The first kappa shape index (κ1) is 9.63. The summed E-state index contributed by atoms with van der Waals surface area (Å²) in [5.41, 5.74) is 3.68. The van der Waals surface area contributed by atoms with Crippen molar-refractivity contribution in [2.75, 3.05) is 0 Å². The minimum atomic E-state index is -0.0333. The van der Waals surface area contributed by atoms with E-state index in [2.05, 4.69) is 19.6 Å². The highest BCUT2D eigenvalue weighted by molar-refractivity contribution is 5.82. The summed E-state index contributed by atoms with van der Waals surface area (Å²) in [4.78, 5) is 11.0. The molecular weight excluding hydrogens is 126 g/mol. The molecule has 60 valence electrons. The van der Waals surface area contributed by atoms with Gasteiger partial charge in [0.1, 0.15) is 6.04 Å². The van der Waals surface area contributed by atoms with E-state index in [1.807, 2.05) is 6.92 Å². The smallest absolute Gasteiger partial charge is 0.189 e. The summed E-state index contributed by atoms with van der Waals surface area (Å²) < 4.78 is 0. The Balaban J connectivity index is 3.57. The third-order valence-electron chi connectivity index (χ3n) is 1.80. The average Bonchev–Trinajstić information content (AvgIpc) is 1.87. The number of rotatable bonds is 4. The van der Waals surface area contributed by atoms with Crippen molar-refractivity contribution in [1.82, 2.24) is 0 Å². The summed E-state index contributed by atoms with van der Waals surface area (Å²) in [6, 6.07) is -0.0333. The van der Waals surface area contributed by atoms with Gasteiger partial charge >= 0.3 is 0 Å². The van der Waals surface area contributed by atoms with Crippen LogP contribution in [0.25, 0.3) is 0 Å². The summed E-state index contributed by atoms with van der Waals surface area (Å²) in [5, 5.41) is 0. The molecule has 2 nitrogen and oxygen atoms in total. The summed E-state index contributed by atoms with van der Waals surface area (Å²) >= 11 is 0. The van der Waals surface area contributed by atoms with Gasteiger partial charge in [0, 0.05) is 6.42 Å². The van der Waals surface area contributed by atoms with E-state index in [-0.39, 0.29) is 11.8 Å². The highest BCUT2D eigenvalue weighted by Gasteiger charge is 2.13. The Bertz CT molecular complexity index is 110. The number of ketones is 1. The van der Waals surface area contributed by atoms with Crippen LogP contribution in [0.2, 0.25) is 0 Å². The summed E-state index contributed by atoms with van der Waals surface area (Å²) in [6.07, 6.45) is 1.78. The molecule has 0 bridgehead atoms. The Kier molecular flexibility index (Phi) is 4.28. The molecule has 0 spiro atoms. The minimum Gasteiger partial charge on any atom is -0.349 e. The molecule has 0 aromatic heterocycles. The second-order valence-electron chi connectivity index (χ2n) is 3.08. The molecule has 0 saturated heterocycles. The van der Waals surface area contributed by atoms with Crippen molar-refractivity contribution in [2.24, 2.45) is 5.92 Å². The maximum Gasteiger partial charge on any atom is 0.189 e. The van der Waals surface area contributed by atoms with E-state index < -0.39 is 0 Å². The molecule has 10 heavy (non-hydrogen) atoms. The quantitative estimate of drug-likeness (QED) is 0.617. The van der Waals surface area contributed by atoms with Gasteiger partial charge in [0.2, 0.25) is 0 Å². The van der Waals surface area contributed by atoms with Gasteiger partial charge in [-0.3, -0.25) is 4.79 Å². The van der Waals surface area contributed by atoms with Crippen molar-refractivity contribution in [3.05, 3.63) is 0 Å². The normalized spacial score (nSPS) is 16.4. The average molecular weight is 144 g/mol. The zero-order chi connectivity index (χ0) is 8.15. The third kappa shape index (κ3) is 3.62. The van der Waals surface area contributed by atoms with Gasteiger partial charge in [0.25, 0.3) is 0 Å². The van der Waals surface area contributed by atoms with Crippen LogP contribution >= 0.6 is 0 Å². The lowest BCUT2D eigenvalue weighted by Gasteiger charge is -2.06. The molecule has 0 fully saturated rings. The van der Waals surface area contributed by atoms with Crippen molar-refractivity contribution in [2.45, 2.75) is 39.7 Å². The topological polar surface area (TPSA) is 44.7 Å². The fourth-order valence-corrected chi connectivity index (χ4v) is 0.689. The Morgan fingerprint density at radius 2 is 2.00 bits per heavy atom. The molecule has 0 radical (unpaired) electrons. The van der Waals surface area contributed by atoms with E-state index in [4.69, 9.17) is 0 Å². The largest absolute Gasteiger partial charge is 0.349 e. The number of carbonyl (C=O) groups excluding carboxylic acids is 1. The van der Waals surface area contributed by atoms with Gasteiger partial charge in [-0.05, 0) is 12.8 Å². The molecule has 0 aliphatic heterocycles. The van der Waals surface area contributed by atoms with Crippen LogP contribution in [0.15, 0.2) is 0 Å². The zero-order valence-corrected chi connectivity index (χ0v) is 7.18. The lowest BCUT2D eigenvalue weighted by molar-refractivity contribution is -0.397. The number of hydrogen-bond acceptors (Lipinski definition) is 1. The summed E-state index contributed by atoms with van der Waals surface area (Å²) in [5.74, 6) is 0.811. The molecule has 3 N–H and O–H groups in total. The number of hydrogen-bond donors (Lipinski definition) is 1. The molecule has 0 aliphatic rings. The van der Waals surface area contributed by atoms with E-state index in [0.29, 0.717) is 12.3 Å². The number of carbonyl (C=O) groups is 1. The predicted molar refractivity (Wildman–Crippen MR) is 41.4 cm³/mol. The highest BCUT2D eigenvalue weighted by Crippen LogP contribution is 2.06. The first-order valence-electron chi connectivity index (χ1n) is 3.93. The first-order chi connectivity index (χ1) is 4.57.